The molecule has 0 fully saturated rings. The Morgan fingerprint density at radius 3 is 1.50 bits per heavy atom. The highest BCUT2D eigenvalue weighted by Gasteiger charge is 2.14. The summed E-state index contributed by atoms with van der Waals surface area (Å²) in [6.45, 7) is 9.17. The molecule has 0 aliphatic rings. The number of para-hydroxylation sites is 2. The summed E-state index contributed by atoms with van der Waals surface area (Å²) in [4.78, 5) is 22.6. The number of benzene rings is 1. The van der Waals surface area contributed by atoms with Crippen LogP contribution in [0.3, 0.4) is 0 Å². The Hall–Kier alpha value is -2.84. The molecule has 8 nitrogen and oxygen atoms in total. The lowest BCUT2D eigenvalue weighted by Gasteiger charge is -2.17. The van der Waals surface area contributed by atoms with Gasteiger partial charge in [0.05, 0.1) is 0 Å². The maximum atomic E-state index is 11.3. The Morgan fingerprint density at radius 1 is 0.821 bits per heavy atom. The van der Waals surface area contributed by atoms with Crippen LogP contribution in [-0.2, 0) is 19.1 Å². The Labute approximate surface area is 164 Å². The molecule has 0 radical (unpaired) electrons. The first-order valence-electron chi connectivity index (χ1n) is 8.56. The lowest BCUT2D eigenvalue weighted by Crippen LogP contribution is -2.26. The molecule has 0 saturated carbocycles. The number of aliphatic hydroxyl groups is 2. The molecule has 1 aromatic carbocycles. The van der Waals surface area contributed by atoms with Crippen molar-refractivity contribution in [2.75, 3.05) is 26.4 Å². The van der Waals surface area contributed by atoms with Crippen molar-refractivity contribution in [2.24, 2.45) is 0 Å². The summed E-state index contributed by atoms with van der Waals surface area (Å²) in [6.07, 6.45) is -2.08. The standard InChI is InChI=1S/C20H26O8/c1-13(2)19(23)27-11-15(21)9-25-17-7-5-6-8-18(17)26-10-16(22)12-28-20(24)14(3)4/h5-8,15-16,21-22H,1,3,9-12H2,2,4H3. The van der Waals surface area contributed by atoms with Crippen molar-refractivity contribution in [2.45, 2.75) is 26.1 Å². The number of carbonyl (C=O) groups is 2. The van der Waals surface area contributed by atoms with Crippen LogP contribution in [0.15, 0.2) is 48.6 Å². The number of carbonyl (C=O) groups excluding carboxylic acids is 2. The van der Waals surface area contributed by atoms with Crippen LogP contribution in [0, 0.1) is 0 Å². The molecule has 154 valence electrons. The average molecular weight is 394 g/mol. The molecule has 0 bridgehead atoms. The number of esters is 2. The second-order valence-corrected chi connectivity index (χ2v) is 6.13. The fourth-order valence-electron chi connectivity index (χ4n) is 1.75. The van der Waals surface area contributed by atoms with Crippen LogP contribution in [-0.4, -0.2) is 60.8 Å². The summed E-state index contributed by atoms with van der Waals surface area (Å²) in [7, 11) is 0. The highest BCUT2D eigenvalue weighted by molar-refractivity contribution is 5.87. The van der Waals surface area contributed by atoms with Gasteiger partial charge in [-0.25, -0.2) is 9.59 Å². The van der Waals surface area contributed by atoms with Gasteiger partial charge < -0.3 is 29.2 Å². The van der Waals surface area contributed by atoms with Crippen LogP contribution in [0.1, 0.15) is 13.8 Å². The van der Waals surface area contributed by atoms with Gasteiger partial charge in [-0.2, -0.15) is 0 Å². The summed E-state index contributed by atoms with van der Waals surface area (Å²) in [6, 6.07) is 6.66. The van der Waals surface area contributed by atoms with E-state index in [9.17, 15) is 19.8 Å². The van der Waals surface area contributed by atoms with E-state index >= 15 is 0 Å². The average Bonchev–Trinajstić information content (AvgIpc) is 2.67. The molecule has 2 atom stereocenters. The Kier molecular flexibility index (Phi) is 9.76. The van der Waals surface area contributed by atoms with Gasteiger partial charge in [-0.15, -0.1) is 0 Å². The molecule has 0 saturated heterocycles. The Balaban J connectivity index is 2.47. The molecule has 0 aliphatic heterocycles. The number of aliphatic hydroxyl groups excluding tert-OH is 2. The number of rotatable bonds is 12. The van der Waals surface area contributed by atoms with E-state index in [1.165, 1.54) is 13.8 Å². The number of hydrogen-bond donors (Lipinski definition) is 2. The molecule has 1 rings (SSSR count). The van der Waals surface area contributed by atoms with Gasteiger partial charge in [0.2, 0.25) is 0 Å². The highest BCUT2D eigenvalue weighted by atomic mass is 16.6. The molecular formula is C20H26O8. The minimum atomic E-state index is -1.04. The first kappa shape index (κ1) is 23.2. The second kappa shape index (κ2) is 11.8. The van der Waals surface area contributed by atoms with Gasteiger partial charge >= 0.3 is 11.9 Å². The monoisotopic (exact) mass is 394 g/mol. The van der Waals surface area contributed by atoms with E-state index in [0.717, 1.165) is 0 Å². The first-order chi connectivity index (χ1) is 13.2. The molecule has 0 spiro atoms. The molecule has 0 heterocycles. The minimum Gasteiger partial charge on any atom is -0.487 e. The van der Waals surface area contributed by atoms with E-state index in [0.29, 0.717) is 11.5 Å². The van der Waals surface area contributed by atoms with Crippen LogP contribution in [0.4, 0.5) is 0 Å². The summed E-state index contributed by atoms with van der Waals surface area (Å²) < 4.78 is 20.7. The van der Waals surface area contributed by atoms with Crippen molar-refractivity contribution in [3.05, 3.63) is 48.6 Å². The van der Waals surface area contributed by atoms with Gasteiger partial charge in [0, 0.05) is 11.1 Å². The molecule has 8 heteroatoms. The third kappa shape index (κ3) is 8.70. The zero-order chi connectivity index (χ0) is 21.1. The largest absolute Gasteiger partial charge is 0.487 e. The maximum Gasteiger partial charge on any atom is 0.333 e. The normalized spacial score (nSPS) is 12.4. The molecule has 2 N–H and O–H groups in total. The van der Waals surface area contributed by atoms with Crippen LogP contribution >= 0.6 is 0 Å². The number of ether oxygens (including phenoxy) is 4. The summed E-state index contributed by atoms with van der Waals surface area (Å²) in [5.41, 5.74) is 0.471. The SMILES string of the molecule is C=C(C)C(=O)OCC(O)COc1ccccc1OCC(O)COC(=O)C(=C)C. The van der Waals surface area contributed by atoms with E-state index in [4.69, 9.17) is 18.9 Å². The van der Waals surface area contributed by atoms with Gasteiger partial charge in [-0.3, -0.25) is 0 Å². The molecule has 0 aromatic heterocycles. The van der Waals surface area contributed by atoms with Gasteiger partial charge in [-0.1, -0.05) is 25.3 Å². The van der Waals surface area contributed by atoms with E-state index in [1.807, 2.05) is 0 Å². The van der Waals surface area contributed by atoms with Crippen molar-refractivity contribution in [3.8, 4) is 11.5 Å². The third-order valence-electron chi connectivity index (χ3n) is 3.22. The number of hydrogen-bond acceptors (Lipinski definition) is 8. The van der Waals surface area contributed by atoms with E-state index in [-0.39, 0.29) is 37.6 Å². The second-order valence-electron chi connectivity index (χ2n) is 6.13. The molecule has 1 aromatic rings. The van der Waals surface area contributed by atoms with Crippen LogP contribution < -0.4 is 9.47 Å². The fraction of sp³-hybridized carbons (Fsp3) is 0.400. The van der Waals surface area contributed by atoms with Crippen molar-refractivity contribution in [1.82, 2.24) is 0 Å². The highest BCUT2D eigenvalue weighted by Crippen LogP contribution is 2.26. The quantitative estimate of drug-likeness (QED) is 0.404. The smallest absolute Gasteiger partial charge is 0.333 e. The topological polar surface area (TPSA) is 112 Å². The zero-order valence-corrected chi connectivity index (χ0v) is 16.1. The Morgan fingerprint density at radius 2 is 1.18 bits per heavy atom. The van der Waals surface area contributed by atoms with Crippen molar-refractivity contribution in [1.29, 1.82) is 0 Å². The van der Waals surface area contributed by atoms with Crippen molar-refractivity contribution < 1.29 is 38.7 Å². The van der Waals surface area contributed by atoms with Gasteiger partial charge in [0.25, 0.3) is 0 Å². The predicted molar refractivity (Wildman–Crippen MR) is 101 cm³/mol. The van der Waals surface area contributed by atoms with Crippen molar-refractivity contribution in [3.63, 3.8) is 0 Å². The molecule has 0 aliphatic carbocycles. The van der Waals surface area contributed by atoms with Gasteiger partial charge in [-0.05, 0) is 26.0 Å². The fourth-order valence-corrected chi connectivity index (χ4v) is 1.75. The summed E-state index contributed by atoms with van der Waals surface area (Å²) in [5.74, 6) is -0.522. The first-order valence-corrected chi connectivity index (χ1v) is 8.56. The third-order valence-corrected chi connectivity index (χ3v) is 3.22. The molecular weight excluding hydrogens is 368 g/mol. The van der Waals surface area contributed by atoms with Crippen LogP contribution in [0.5, 0.6) is 11.5 Å². The summed E-state index contributed by atoms with van der Waals surface area (Å²) in [5, 5.41) is 19.7. The molecule has 2 unspecified atom stereocenters. The van der Waals surface area contributed by atoms with Gasteiger partial charge in [0.1, 0.15) is 38.6 Å². The zero-order valence-electron chi connectivity index (χ0n) is 16.1. The Bertz CT molecular complexity index is 638. The van der Waals surface area contributed by atoms with Crippen molar-refractivity contribution >= 4 is 11.9 Å². The van der Waals surface area contributed by atoms with E-state index in [2.05, 4.69) is 13.2 Å². The lowest BCUT2D eigenvalue weighted by atomic mass is 10.3. The predicted octanol–water partition coefficient (Wildman–Crippen LogP) is 1.40. The van der Waals surface area contributed by atoms with E-state index in [1.54, 1.807) is 24.3 Å². The molecule has 28 heavy (non-hydrogen) atoms. The van der Waals surface area contributed by atoms with E-state index < -0.39 is 24.1 Å². The maximum absolute atomic E-state index is 11.3. The molecule has 0 amide bonds. The van der Waals surface area contributed by atoms with Crippen LogP contribution in [0.25, 0.3) is 0 Å². The van der Waals surface area contributed by atoms with Gasteiger partial charge in [0.15, 0.2) is 11.5 Å². The lowest BCUT2D eigenvalue weighted by molar-refractivity contribution is -0.143. The summed E-state index contributed by atoms with van der Waals surface area (Å²) >= 11 is 0. The van der Waals surface area contributed by atoms with Crippen LogP contribution in [0.2, 0.25) is 0 Å². The minimum absolute atomic E-state index is 0.136.